The lowest BCUT2D eigenvalue weighted by atomic mass is 10.2. The second-order valence-electron chi connectivity index (χ2n) is 4.09. The zero-order chi connectivity index (χ0) is 11.5. The smallest absolute Gasteiger partial charge is 0.271 e. The van der Waals surface area contributed by atoms with Crippen molar-refractivity contribution in [3.05, 3.63) is 29.8 Å². The lowest BCUT2D eigenvalue weighted by Gasteiger charge is -2.01. The lowest BCUT2D eigenvalue weighted by Crippen LogP contribution is -2.19. The largest absolute Gasteiger partial charge is 0.399 e. The molecule has 84 valence electrons. The number of hydrogen-bond donors (Lipinski definition) is 2. The van der Waals surface area contributed by atoms with Crippen LogP contribution in [0.5, 0.6) is 0 Å². The van der Waals surface area contributed by atoms with Crippen LogP contribution in [0.1, 0.15) is 30.1 Å². The number of carbonyl (C=O) groups is 1. The second kappa shape index (κ2) is 4.35. The molecule has 0 aliphatic heterocycles. The molecule has 16 heavy (non-hydrogen) atoms. The van der Waals surface area contributed by atoms with E-state index in [1.165, 1.54) is 12.8 Å². The van der Waals surface area contributed by atoms with Crippen LogP contribution in [0.2, 0.25) is 0 Å². The highest BCUT2D eigenvalue weighted by Gasteiger charge is 2.24. The molecule has 4 nitrogen and oxygen atoms in total. The number of hydrogen-bond acceptors (Lipinski definition) is 3. The number of anilines is 1. The molecule has 1 fully saturated rings. The van der Waals surface area contributed by atoms with E-state index in [0.717, 1.165) is 5.71 Å². The van der Waals surface area contributed by atoms with Gasteiger partial charge in [0.1, 0.15) is 0 Å². The fourth-order valence-electron chi connectivity index (χ4n) is 1.43. The first kappa shape index (κ1) is 10.7. The molecule has 2 rings (SSSR count). The van der Waals surface area contributed by atoms with Gasteiger partial charge in [0.25, 0.3) is 5.91 Å². The Balaban J connectivity index is 1.97. The van der Waals surface area contributed by atoms with Crippen LogP contribution in [-0.4, -0.2) is 11.6 Å². The summed E-state index contributed by atoms with van der Waals surface area (Å²) < 4.78 is 0. The first-order valence-electron chi connectivity index (χ1n) is 5.37. The normalized spacial score (nSPS) is 15.9. The average Bonchev–Trinajstić information content (AvgIpc) is 3.10. The van der Waals surface area contributed by atoms with Crippen LogP contribution in [0, 0.1) is 5.92 Å². The molecule has 4 heteroatoms. The SMILES string of the molecule is C/C(=N/NC(=O)c1ccc(N)cc1)C1CC1. The summed E-state index contributed by atoms with van der Waals surface area (Å²) in [7, 11) is 0. The number of benzene rings is 1. The maximum Gasteiger partial charge on any atom is 0.271 e. The molecule has 0 spiro atoms. The summed E-state index contributed by atoms with van der Waals surface area (Å²) in [4.78, 5) is 11.6. The van der Waals surface area contributed by atoms with E-state index in [4.69, 9.17) is 5.73 Å². The van der Waals surface area contributed by atoms with Gasteiger partial charge >= 0.3 is 0 Å². The molecule has 1 aromatic rings. The Kier molecular flexibility index (Phi) is 2.90. The minimum absolute atomic E-state index is 0.194. The highest BCUT2D eigenvalue weighted by Crippen LogP contribution is 2.30. The molecule has 0 unspecified atom stereocenters. The Morgan fingerprint density at radius 3 is 2.56 bits per heavy atom. The quantitative estimate of drug-likeness (QED) is 0.460. The van der Waals surface area contributed by atoms with Crippen LogP contribution in [0.4, 0.5) is 5.69 Å². The third kappa shape index (κ3) is 2.59. The van der Waals surface area contributed by atoms with Crippen LogP contribution in [0.3, 0.4) is 0 Å². The van der Waals surface area contributed by atoms with Crippen LogP contribution in [0.15, 0.2) is 29.4 Å². The summed E-state index contributed by atoms with van der Waals surface area (Å²) in [5, 5.41) is 4.07. The molecule has 1 saturated carbocycles. The third-order valence-corrected chi connectivity index (χ3v) is 2.67. The molecular weight excluding hydrogens is 202 g/mol. The van der Waals surface area contributed by atoms with E-state index in [-0.39, 0.29) is 5.91 Å². The van der Waals surface area contributed by atoms with Crippen LogP contribution in [-0.2, 0) is 0 Å². The van der Waals surface area contributed by atoms with E-state index < -0.39 is 0 Å². The highest BCUT2D eigenvalue weighted by molar-refractivity contribution is 5.96. The number of carbonyl (C=O) groups excluding carboxylic acids is 1. The van der Waals surface area contributed by atoms with E-state index in [2.05, 4.69) is 10.5 Å². The number of nitrogens with two attached hydrogens (primary N) is 1. The number of nitrogens with one attached hydrogen (secondary N) is 1. The van der Waals surface area contributed by atoms with Crippen molar-refractivity contribution in [1.29, 1.82) is 0 Å². The molecule has 0 atom stereocenters. The number of nitrogen functional groups attached to an aromatic ring is 1. The summed E-state index contributed by atoms with van der Waals surface area (Å²) in [5.41, 5.74) is 10.3. The summed E-state index contributed by atoms with van der Waals surface area (Å²) >= 11 is 0. The van der Waals surface area contributed by atoms with Gasteiger partial charge in [-0.15, -0.1) is 0 Å². The van der Waals surface area contributed by atoms with Crippen molar-refractivity contribution >= 4 is 17.3 Å². The van der Waals surface area contributed by atoms with Gasteiger partial charge in [0.15, 0.2) is 0 Å². The topological polar surface area (TPSA) is 67.5 Å². The Morgan fingerprint density at radius 1 is 1.38 bits per heavy atom. The summed E-state index contributed by atoms with van der Waals surface area (Å²) in [5.74, 6) is 0.381. The van der Waals surface area contributed by atoms with Crippen molar-refractivity contribution in [3.63, 3.8) is 0 Å². The zero-order valence-corrected chi connectivity index (χ0v) is 9.23. The summed E-state index contributed by atoms with van der Waals surface area (Å²) in [6, 6.07) is 6.78. The van der Waals surface area contributed by atoms with Crippen molar-refractivity contribution in [2.24, 2.45) is 11.0 Å². The lowest BCUT2D eigenvalue weighted by molar-refractivity contribution is 0.0954. The first-order chi connectivity index (χ1) is 7.66. The first-order valence-corrected chi connectivity index (χ1v) is 5.37. The van der Waals surface area contributed by atoms with Crippen molar-refractivity contribution in [1.82, 2.24) is 5.43 Å². The molecule has 0 aromatic heterocycles. The van der Waals surface area contributed by atoms with Crippen molar-refractivity contribution in [2.45, 2.75) is 19.8 Å². The molecule has 0 bridgehead atoms. The van der Waals surface area contributed by atoms with Gasteiger partial charge in [0.05, 0.1) is 0 Å². The molecule has 0 heterocycles. The molecular formula is C12H15N3O. The van der Waals surface area contributed by atoms with Crippen LogP contribution < -0.4 is 11.2 Å². The fourth-order valence-corrected chi connectivity index (χ4v) is 1.43. The van der Waals surface area contributed by atoms with E-state index in [0.29, 0.717) is 17.2 Å². The Bertz CT molecular complexity index is 418. The Morgan fingerprint density at radius 2 is 2.00 bits per heavy atom. The van der Waals surface area contributed by atoms with E-state index >= 15 is 0 Å². The van der Waals surface area contributed by atoms with Crippen molar-refractivity contribution < 1.29 is 4.79 Å². The van der Waals surface area contributed by atoms with E-state index in [1.54, 1.807) is 24.3 Å². The summed E-state index contributed by atoms with van der Waals surface area (Å²) in [6.45, 7) is 1.95. The predicted octanol–water partition coefficient (Wildman–Crippen LogP) is 1.78. The average molecular weight is 217 g/mol. The maximum atomic E-state index is 11.6. The highest BCUT2D eigenvalue weighted by atomic mass is 16.2. The third-order valence-electron chi connectivity index (χ3n) is 2.67. The molecule has 1 amide bonds. The second-order valence-corrected chi connectivity index (χ2v) is 4.09. The molecule has 0 saturated heterocycles. The standard InChI is InChI=1S/C12H15N3O/c1-8(9-2-3-9)14-15-12(16)10-4-6-11(13)7-5-10/h4-7,9H,2-3,13H2,1H3,(H,15,16)/b14-8-. The molecule has 0 radical (unpaired) electrons. The van der Waals surface area contributed by atoms with Gasteiger partial charge in [-0.1, -0.05) is 0 Å². The molecule has 3 N–H and O–H groups in total. The van der Waals surface area contributed by atoms with Crippen LogP contribution >= 0.6 is 0 Å². The Hall–Kier alpha value is -1.84. The predicted molar refractivity (Wildman–Crippen MR) is 64.2 cm³/mol. The van der Waals surface area contributed by atoms with Gasteiger partial charge < -0.3 is 5.73 Å². The fraction of sp³-hybridized carbons (Fsp3) is 0.333. The van der Waals surface area contributed by atoms with Crippen LogP contribution in [0.25, 0.3) is 0 Å². The van der Waals surface area contributed by atoms with Gasteiger partial charge in [-0.3, -0.25) is 4.79 Å². The van der Waals surface area contributed by atoms with Gasteiger partial charge in [0, 0.05) is 17.0 Å². The number of amides is 1. The number of hydrazone groups is 1. The Labute approximate surface area is 94.5 Å². The van der Waals surface area contributed by atoms with E-state index in [1.807, 2.05) is 6.92 Å². The van der Waals surface area contributed by atoms with Crippen molar-refractivity contribution in [2.75, 3.05) is 5.73 Å². The van der Waals surface area contributed by atoms with Gasteiger partial charge in [-0.05, 0) is 49.9 Å². The number of nitrogens with zero attached hydrogens (tertiary/aromatic N) is 1. The molecule has 1 aliphatic carbocycles. The number of rotatable bonds is 3. The van der Waals surface area contributed by atoms with Gasteiger partial charge in [-0.2, -0.15) is 5.10 Å². The molecule has 1 aromatic carbocycles. The monoisotopic (exact) mass is 217 g/mol. The minimum atomic E-state index is -0.194. The van der Waals surface area contributed by atoms with Crippen molar-refractivity contribution in [3.8, 4) is 0 Å². The molecule has 1 aliphatic rings. The zero-order valence-electron chi connectivity index (χ0n) is 9.23. The maximum absolute atomic E-state index is 11.6. The van der Waals surface area contributed by atoms with Gasteiger partial charge in [-0.25, -0.2) is 5.43 Å². The minimum Gasteiger partial charge on any atom is -0.399 e. The van der Waals surface area contributed by atoms with Gasteiger partial charge in [0.2, 0.25) is 0 Å². The summed E-state index contributed by atoms with van der Waals surface area (Å²) in [6.07, 6.45) is 2.38. The van der Waals surface area contributed by atoms with E-state index in [9.17, 15) is 4.79 Å².